The maximum Gasteiger partial charge on any atom is 0.251 e. The van der Waals surface area contributed by atoms with Crippen LogP contribution < -0.4 is 5.32 Å². The highest BCUT2D eigenvalue weighted by Crippen LogP contribution is 2.09. The van der Waals surface area contributed by atoms with Crippen LogP contribution in [0.3, 0.4) is 0 Å². The fraction of sp³-hybridized carbons (Fsp3) is 0.467. The minimum Gasteiger partial charge on any atom is -0.343 e. The predicted molar refractivity (Wildman–Crippen MR) is 73.8 cm³/mol. The summed E-state index contributed by atoms with van der Waals surface area (Å²) in [7, 11) is 0. The number of rotatable bonds is 3. The third kappa shape index (κ3) is 4.05. The van der Waals surface area contributed by atoms with E-state index in [2.05, 4.69) is 5.32 Å². The van der Waals surface area contributed by atoms with Gasteiger partial charge in [-0.05, 0) is 31.0 Å². The number of halogens is 1. The van der Waals surface area contributed by atoms with E-state index in [0.29, 0.717) is 0 Å². The van der Waals surface area contributed by atoms with Gasteiger partial charge >= 0.3 is 0 Å². The highest BCUT2D eigenvalue weighted by atomic mass is 19.1. The molecule has 2 rings (SSSR count). The summed E-state index contributed by atoms with van der Waals surface area (Å²) in [5, 5.41) is 2.55. The maximum atomic E-state index is 13.0. The number of benzene rings is 1. The van der Waals surface area contributed by atoms with Gasteiger partial charge in [0.2, 0.25) is 5.91 Å². The lowest BCUT2D eigenvalue weighted by Crippen LogP contribution is -2.40. The number of carbonyl (C=O) groups is 2. The molecular formula is C15H19FN2O2. The fourth-order valence-electron chi connectivity index (χ4n) is 2.32. The zero-order valence-electron chi connectivity index (χ0n) is 11.4. The van der Waals surface area contributed by atoms with Crippen LogP contribution in [0, 0.1) is 5.82 Å². The van der Waals surface area contributed by atoms with E-state index < -0.39 is 11.7 Å². The second-order valence-corrected chi connectivity index (χ2v) is 4.99. The van der Waals surface area contributed by atoms with E-state index in [-0.39, 0.29) is 18.0 Å². The van der Waals surface area contributed by atoms with Crippen molar-refractivity contribution in [1.82, 2.24) is 10.2 Å². The molecule has 1 heterocycles. The third-order valence-corrected chi connectivity index (χ3v) is 3.45. The van der Waals surface area contributed by atoms with Crippen LogP contribution in [0.25, 0.3) is 0 Å². The molecule has 0 atom stereocenters. The molecule has 1 aromatic carbocycles. The van der Waals surface area contributed by atoms with E-state index in [1.165, 1.54) is 18.2 Å². The minimum atomic E-state index is -0.462. The van der Waals surface area contributed by atoms with E-state index >= 15 is 0 Å². The van der Waals surface area contributed by atoms with Gasteiger partial charge < -0.3 is 10.2 Å². The van der Waals surface area contributed by atoms with Crippen molar-refractivity contribution < 1.29 is 14.0 Å². The smallest absolute Gasteiger partial charge is 0.251 e. The highest BCUT2D eigenvalue weighted by molar-refractivity contribution is 5.96. The molecule has 0 aliphatic carbocycles. The first-order valence-corrected chi connectivity index (χ1v) is 6.98. The second-order valence-electron chi connectivity index (χ2n) is 4.99. The molecule has 0 bridgehead atoms. The van der Waals surface area contributed by atoms with Crippen LogP contribution >= 0.6 is 0 Å². The monoisotopic (exact) mass is 278 g/mol. The Labute approximate surface area is 118 Å². The standard InChI is InChI=1S/C15H19FN2O2/c16-13-7-5-6-12(10-13)15(20)17-11-14(19)18-8-3-1-2-4-9-18/h5-7,10H,1-4,8-9,11H2,(H,17,20). The van der Waals surface area contributed by atoms with Crippen LogP contribution in [0.1, 0.15) is 36.0 Å². The summed E-state index contributed by atoms with van der Waals surface area (Å²) >= 11 is 0. The number of carbonyl (C=O) groups excluding carboxylic acids is 2. The van der Waals surface area contributed by atoms with Crippen molar-refractivity contribution in [3.05, 3.63) is 35.6 Å². The summed E-state index contributed by atoms with van der Waals surface area (Å²) in [6.45, 7) is 1.48. The Morgan fingerprint density at radius 2 is 1.85 bits per heavy atom. The van der Waals surface area contributed by atoms with Crippen molar-refractivity contribution in [2.75, 3.05) is 19.6 Å². The van der Waals surface area contributed by atoms with Crippen LogP contribution in [-0.4, -0.2) is 36.3 Å². The molecule has 0 aromatic heterocycles. The highest BCUT2D eigenvalue weighted by Gasteiger charge is 2.16. The van der Waals surface area contributed by atoms with Gasteiger partial charge in [-0.2, -0.15) is 0 Å². The average molecular weight is 278 g/mol. The molecule has 0 unspecified atom stereocenters. The molecule has 1 fully saturated rings. The lowest BCUT2D eigenvalue weighted by Gasteiger charge is -2.20. The summed E-state index contributed by atoms with van der Waals surface area (Å²) < 4.78 is 13.0. The summed E-state index contributed by atoms with van der Waals surface area (Å²) in [5.41, 5.74) is 0.230. The van der Waals surface area contributed by atoms with E-state index in [9.17, 15) is 14.0 Å². The summed E-state index contributed by atoms with van der Waals surface area (Å²) in [6, 6.07) is 5.43. The molecule has 0 saturated carbocycles. The second kappa shape index (κ2) is 7.03. The number of nitrogens with zero attached hydrogens (tertiary/aromatic N) is 1. The average Bonchev–Trinajstić information content (AvgIpc) is 2.73. The van der Waals surface area contributed by atoms with Gasteiger partial charge in [-0.15, -0.1) is 0 Å². The van der Waals surface area contributed by atoms with Gasteiger partial charge in [0.1, 0.15) is 5.82 Å². The van der Waals surface area contributed by atoms with Gasteiger partial charge in [-0.1, -0.05) is 18.9 Å². The Morgan fingerprint density at radius 3 is 2.50 bits per heavy atom. The normalized spacial score (nSPS) is 15.6. The van der Waals surface area contributed by atoms with E-state index in [4.69, 9.17) is 0 Å². The number of likely N-dealkylation sites (tertiary alicyclic amines) is 1. The molecule has 5 heteroatoms. The van der Waals surface area contributed by atoms with Crippen molar-refractivity contribution in [3.63, 3.8) is 0 Å². The molecule has 4 nitrogen and oxygen atoms in total. The molecule has 0 radical (unpaired) electrons. The van der Waals surface area contributed by atoms with Gasteiger partial charge in [0, 0.05) is 18.7 Å². The Morgan fingerprint density at radius 1 is 1.15 bits per heavy atom. The zero-order valence-corrected chi connectivity index (χ0v) is 11.4. The van der Waals surface area contributed by atoms with Crippen molar-refractivity contribution in [2.45, 2.75) is 25.7 Å². The number of nitrogens with one attached hydrogen (secondary N) is 1. The Hall–Kier alpha value is -1.91. The summed E-state index contributed by atoms with van der Waals surface area (Å²) in [4.78, 5) is 25.6. The number of hydrogen-bond acceptors (Lipinski definition) is 2. The first kappa shape index (κ1) is 14.5. The number of hydrogen-bond donors (Lipinski definition) is 1. The van der Waals surface area contributed by atoms with Crippen molar-refractivity contribution >= 4 is 11.8 Å². The Kier molecular flexibility index (Phi) is 5.09. The molecule has 1 aliphatic rings. The molecule has 2 amide bonds. The first-order valence-electron chi connectivity index (χ1n) is 6.98. The lowest BCUT2D eigenvalue weighted by atomic mass is 10.2. The van der Waals surface area contributed by atoms with Crippen LogP contribution in [-0.2, 0) is 4.79 Å². The molecule has 1 N–H and O–H groups in total. The van der Waals surface area contributed by atoms with Gasteiger partial charge in [0.15, 0.2) is 0 Å². The van der Waals surface area contributed by atoms with Gasteiger partial charge in [0.25, 0.3) is 5.91 Å². The molecule has 20 heavy (non-hydrogen) atoms. The van der Waals surface area contributed by atoms with Crippen LogP contribution in [0.4, 0.5) is 4.39 Å². The summed E-state index contributed by atoms with van der Waals surface area (Å²) in [5.74, 6) is -0.958. The fourth-order valence-corrected chi connectivity index (χ4v) is 2.32. The van der Waals surface area contributed by atoms with Gasteiger partial charge in [-0.3, -0.25) is 9.59 Å². The third-order valence-electron chi connectivity index (χ3n) is 3.45. The van der Waals surface area contributed by atoms with E-state index in [0.717, 1.165) is 44.8 Å². The Bertz CT molecular complexity index is 483. The van der Waals surface area contributed by atoms with Crippen LogP contribution in [0.5, 0.6) is 0 Å². The van der Waals surface area contributed by atoms with Crippen LogP contribution in [0.2, 0.25) is 0 Å². The van der Waals surface area contributed by atoms with Crippen molar-refractivity contribution in [2.24, 2.45) is 0 Å². The minimum absolute atomic E-state index is 0.0324. The molecule has 0 spiro atoms. The number of amides is 2. The lowest BCUT2D eigenvalue weighted by molar-refractivity contribution is -0.130. The van der Waals surface area contributed by atoms with Crippen molar-refractivity contribution in [3.8, 4) is 0 Å². The molecule has 1 aromatic rings. The molecule has 1 saturated heterocycles. The SMILES string of the molecule is O=C(NCC(=O)N1CCCCCC1)c1cccc(F)c1. The summed E-state index contributed by atoms with van der Waals surface area (Å²) in [6.07, 6.45) is 4.34. The van der Waals surface area contributed by atoms with E-state index in [1.54, 1.807) is 4.90 Å². The predicted octanol–water partition coefficient (Wildman–Crippen LogP) is 1.96. The topological polar surface area (TPSA) is 49.4 Å². The maximum absolute atomic E-state index is 13.0. The first-order chi connectivity index (χ1) is 9.66. The van der Waals surface area contributed by atoms with Crippen molar-refractivity contribution in [1.29, 1.82) is 0 Å². The van der Waals surface area contributed by atoms with E-state index in [1.807, 2.05) is 0 Å². The van der Waals surface area contributed by atoms with Crippen LogP contribution in [0.15, 0.2) is 24.3 Å². The largest absolute Gasteiger partial charge is 0.343 e. The Balaban J connectivity index is 1.84. The van der Waals surface area contributed by atoms with Gasteiger partial charge in [0.05, 0.1) is 6.54 Å². The molecule has 108 valence electrons. The zero-order chi connectivity index (χ0) is 14.4. The molecule has 1 aliphatic heterocycles. The quantitative estimate of drug-likeness (QED) is 0.919. The molecular weight excluding hydrogens is 259 g/mol. The van der Waals surface area contributed by atoms with Gasteiger partial charge in [-0.25, -0.2) is 4.39 Å².